The number of halogens is 1. The molecule has 0 heterocycles. The molecule has 0 amide bonds. The molecule has 0 aliphatic rings. The lowest BCUT2D eigenvalue weighted by Crippen LogP contribution is -2.17. The maximum absolute atomic E-state index is 12.9. The van der Waals surface area contributed by atoms with Gasteiger partial charge in [0.2, 0.25) is 0 Å². The van der Waals surface area contributed by atoms with Crippen LogP contribution in [0.15, 0.2) is 47.4 Å². The number of ether oxygens (including phenoxy) is 1. The van der Waals surface area contributed by atoms with E-state index in [1.165, 1.54) is 30.3 Å². The van der Waals surface area contributed by atoms with Crippen molar-refractivity contribution in [2.75, 3.05) is 11.8 Å². The van der Waals surface area contributed by atoms with Gasteiger partial charge in [-0.25, -0.2) is 12.8 Å². The molecule has 2 aromatic rings. The first-order valence-electron chi connectivity index (χ1n) is 7.10. The number of nitrogens with one attached hydrogen (secondary N) is 1. The Hall–Kier alpha value is -2.08. The Balaban J connectivity index is 2.42. The van der Waals surface area contributed by atoms with Crippen LogP contribution in [0.1, 0.15) is 26.3 Å². The first kappa shape index (κ1) is 17.3. The summed E-state index contributed by atoms with van der Waals surface area (Å²) in [5.74, 6) is 0.214. The Labute approximate surface area is 136 Å². The molecule has 1 N–H and O–H groups in total. The molecule has 0 aliphatic heterocycles. The minimum Gasteiger partial charge on any atom is -0.496 e. The summed E-state index contributed by atoms with van der Waals surface area (Å²) >= 11 is 0. The minimum absolute atomic E-state index is 0.132. The van der Waals surface area contributed by atoms with Gasteiger partial charge in [0, 0.05) is 11.3 Å². The fraction of sp³-hybridized carbons (Fsp3) is 0.294. The van der Waals surface area contributed by atoms with Crippen LogP contribution < -0.4 is 9.46 Å². The maximum Gasteiger partial charge on any atom is 0.261 e. The van der Waals surface area contributed by atoms with E-state index in [1.54, 1.807) is 19.2 Å². The molecule has 0 spiro atoms. The van der Waals surface area contributed by atoms with Crippen LogP contribution in [0.25, 0.3) is 0 Å². The second kappa shape index (κ2) is 6.20. The molecule has 4 nitrogen and oxygen atoms in total. The van der Waals surface area contributed by atoms with E-state index in [-0.39, 0.29) is 10.3 Å². The molecule has 0 aromatic heterocycles. The predicted molar refractivity (Wildman–Crippen MR) is 88.9 cm³/mol. The molecule has 6 heteroatoms. The highest BCUT2D eigenvalue weighted by Gasteiger charge is 2.23. The molecule has 0 saturated heterocycles. The van der Waals surface area contributed by atoms with Gasteiger partial charge in [-0.15, -0.1) is 0 Å². The van der Waals surface area contributed by atoms with Gasteiger partial charge in [0.05, 0.1) is 12.0 Å². The van der Waals surface area contributed by atoms with Crippen LogP contribution in [0.3, 0.4) is 0 Å². The molecular formula is C17H20FNO3S. The van der Waals surface area contributed by atoms with E-state index < -0.39 is 15.8 Å². The molecule has 0 unspecified atom stereocenters. The molecule has 0 bridgehead atoms. The monoisotopic (exact) mass is 337 g/mol. The minimum atomic E-state index is -3.76. The number of rotatable bonds is 4. The summed E-state index contributed by atoms with van der Waals surface area (Å²) in [4.78, 5) is 0.132. The number of benzene rings is 2. The van der Waals surface area contributed by atoms with Crippen LogP contribution in [-0.4, -0.2) is 15.5 Å². The Morgan fingerprint density at radius 3 is 2.17 bits per heavy atom. The predicted octanol–water partition coefficient (Wildman–Crippen LogP) is 3.93. The SMILES string of the molecule is COc1ccc(S(=O)(=O)Nc2ccc(F)cc2)cc1C(C)(C)C. The van der Waals surface area contributed by atoms with Gasteiger partial charge in [0.15, 0.2) is 0 Å². The highest BCUT2D eigenvalue weighted by Crippen LogP contribution is 2.33. The van der Waals surface area contributed by atoms with E-state index >= 15 is 0 Å². The molecule has 23 heavy (non-hydrogen) atoms. The van der Waals surface area contributed by atoms with Crippen molar-refractivity contribution in [2.24, 2.45) is 0 Å². The normalized spacial score (nSPS) is 12.0. The highest BCUT2D eigenvalue weighted by molar-refractivity contribution is 7.92. The van der Waals surface area contributed by atoms with Crippen LogP contribution in [-0.2, 0) is 15.4 Å². The lowest BCUT2D eigenvalue weighted by Gasteiger charge is -2.23. The average molecular weight is 337 g/mol. The van der Waals surface area contributed by atoms with E-state index in [0.29, 0.717) is 11.4 Å². The number of hydrogen-bond donors (Lipinski definition) is 1. The molecular weight excluding hydrogens is 317 g/mol. The van der Waals surface area contributed by atoms with Crippen LogP contribution in [0.5, 0.6) is 5.75 Å². The summed E-state index contributed by atoms with van der Waals surface area (Å²) in [7, 11) is -2.21. The molecule has 2 aromatic carbocycles. The van der Waals surface area contributed by atoms with Crippen molar-refractivity contribution >= 4 is 15.7 Å². The lowest BCUT2D eigenvalue weighted by atomic mass is 9.86. The van der Waals surface area contributed by atoms with Gasteiger partial charge >= 0.3 is 0 Å². The van der Waals surface area contributed by atoms with Crippen LogP contribution >= 0.6 is 0 Å². The Morgan fingerprint density at radius 2 is 1.65 bits per heavy atom. The standard InChI is InChI=1S/C17H20FNO3S/c1-17(2,3)15-11-14(9-10-16(15)22-4)23(20,21)19-13-7-5-12(18)6-8-13/h5-11,19H,1-4H3. The fourth-order valence-corrected chi connectivity index (χ4v) is 3.26. The van der Waals surface area contributed by atoms with Crippen molar-refractivity contribution in [1.29, 1.82) is 0 Å². The van der Waals surface area contributed by atoms with Crippen LogP contribution in [0.4, 0.5) is 10.1 Å². The van der Waals surface area contributed by atoms with Crippen molar-refractivity contribution < 1.29 is 17.5 Å². The summed E-state index contributed by atoms with van der Waals surface area (Å²) in [6.45, 7) is 5.94. The van der Waals surface area contributed by atoms with E-state index in [0.717, 1.165) is 5.56 Å². The van der Waals surface area contributed by atoms with Gasteiger partial charge in [0.1, 0.15) is 11.6 Å². The second-order valence-corrected chi connectivity index (χ2v) is 7.91. The second-order valence-electron chi connectivity index (χ2n) is 6.22. The van der Waals surface area contributed by atoms with E-state index in [9.17, 15) is 12.8 Å². The molecule has 0 saturated carbocycles. The molecule has 0 fully saturated rings. The van der Waals surface area contributed by atoms with Gasteiger partial charge in [0.25, 0.3) is 10.0 Å². The molecule has 0 radical (unpaired) electrons. The Morgan fingerprint density at radius 1 is 1.04 bits per heavy atom. The Bertz CT molecular complexity index is 794. The summed E-state index contributed by atoms with van der Waals surface area (Å²) in [5, 5.41) is 0. The summed E-state index contributed by atoms with van der Waals surface area (Å²) in [6.07, 6.45) is 0. The average Bonchev–Trinajstić information content (AvgIpc) is 2.48. The third-order valence-electron chi connectivity index (χ3n) is 3.39. The van der Waals surface area contributed by atoms with E-state index in [4.69, 9.17) is 4.74 Å². The molecule has 124 valence electrons. The van der Waals surface area contributed by atoms with Crippen molar-refractivity contribution in [1.82, 2.24) is 0 Å². The topological polar surface area (TPSA) is 55.4 Å². The molecule has 2 rings (SSSR count). The van der Waals surface area contributed by atoms with Gasteiger partial charge < -0.3 is 4.74 Å². The number of hydrogen-bond acceptors (Lipinski definition) is 3. The zero-order chi connectivity index (χ0) is 17.3. The van der Waals surface area contributed by atoms with Gasteiger partial charge in [-0.05, 0) is 47.9 Å². The zero-order valence-corrected chi connectivity index (χ0v) is 14.4. The first-order valence-corrected chi connectivity index (χ1v) is 8.59. The lowest BCUT2D eigenvalue weighted by molar-refractivity contribution is 0.397. The van der Waals surface area contributed by atoms with Gasteiger partial charge in [-0.1, -0.05) is 20.8 Å². The van der Waals surface area contributed by atoms with Crippen molar-refractivity contribution in [3.05, 3.63) is 53.8 Å². The van der Waals surface area contributed by atoms with Crippen LogP contribution in [0.2, 0.25) is 0 Å². The largest absolute Gasteiger partial charge is 0.496 e. The quantitative estimate of drug-likeness (QED) is 0.919. The number of methoxy groups -OCH3 is 1. The smallest absolute Gasteiger partial charge is 0.261 e. The van der Waals surface area contributed by atoms with Gasteiger partial charge in [-0.2, -0.15) is 0 Å². The van der Waals surface area contributed by atoms with Crippen LogP contribution in [0, 0.1) is 5.82 Å². The van der Waals surface area contributed by atoms with Crippen molar-refractivity contribution in [2.45, 2.75) is 31.1 Å². The van der Waals surface area contributed by atoms with Gasteiger partial charge in [-0.3, -0.25) is 4.72 Å². The zero-order valence-electron chi connectivity index (χ0n) is 13.6. The summed E-state index contributed by atoms with van der Waals surface area (Å²) < 4.78 is 45.7. The Kier molecular flexibility index (Phi) is 4.66. The highest BCUT2D eigenvalue weighted by atomic mass is 32.2. The number of anilines is 1. The summed E-state index contributed by atoms with van der Waals surface area (Å²) in [6, 6.07) is 9.88. The molecule has 0 atom stereocenters. The third kappa shape index (κ3) is 4.01. The van der Waals surface area contributed by atoms with Crippen molar-refractivity contribution in [3.63, 3.8) is 0 Å². The maximum atomic E-state index is 12.9. The van der Waals surface area contributed by atoms with Crippen molar-refractivity contribution in [3.8, 4) is 5.75 Å². The molecule has 0 aliphatic carbocycles. The fourth-order valence-electron chi connectivity index (χ4n) is 2.17. The first-order chi connectivity index (χ1) is 10.6. The van der Waals surface area contributed by atoms with E-state index in [2.05, 4.69) is 4.72 Å². The number of sulfonamides is 1. The third-order valence-corrected chi connectivity index (χ3v) is 4.76. The summed E-state index contributed by atoms with van der Waals surface area (Å²) in [5.41, 5.74) is 0.828. The van der Waals surface area contributed by atoms with E-state index in [1.807, 2.05) is 20.8 Å².